The lowest BCUT2D eigenvalue weighted by Crippen LogP contribution is -2.52. The molecule has 0 N–H and O–H groups in total. The molecule has 0 radical (unpaired) electrons. The van der Waals surface area contributed by atoms with Gasteiger partial charge in [0.25, 0.3) is 0 Å². The van der Waals surface area contributed by atoms with Gasteiger partial charge in [0.15, 0.2) is 6.29 Å². The van der Waals surface area contributed by atoms with Gasteiger partial charge in [0.05, 0.1) is 18.1 Å². The average molecular weight is 306 g/mol. The van der Waals surface area contributed by atoms with Gasteiger partial charge in [-0.2, -0.15) is 0 Å². The van der Waals surface area contributed by atoms with E-state index in [1.54, 1.807) is 0 Å². The molecule has 2 heterocycles. The van der Waals surface area contributed by atoms with E-state index in [0.29, 0.717) is 30.0 Å². The second-order valence-electron chi connectivity index (χ2n) is 7.55. The van der Waals surface area contributed by atoms with Crippen LogP contribution in [0.5, 0.6) is 0 Å². The van der Waals surface area contributed by atoms with Gasteiger partial charge in [-0.1, -0.05) is 32.4 Å². The van der Waals surface area contributed by atoms with Crippen molar-refractivity contribution >= 4 is 5.78 Å². The maximum absolute atomic E-state index is 13.2. The molecule has 0 bridgehead atoms. The predicted molar refractivity (Wildman–Crippen MR) is 86.4 cm³/mol. The Morgan fingerprint density at radius 3 is 2.73 bits per heavy atom. The topological polar surface area (TPSA) is 35.5 Å². The van der Waals surface area contributed by atoms with Crippen molar-refractivity contribution in [3.05, 3.63) is 12.2 Å². The third kappa shape index (κ3) is 2.37. The van der Waals surface area contributed by atoms with Gasteiger partial charge >= 0.3 is 0 Å². The number of Topliss-reactive ketones (excluding diaryl/α,β-unsaturated/α-hetero) is 1. The lowest BCUT2D eigenvalue weighted by molar-refractivity contribution is -0.175. The Bertz CT molecular complexity index is 446. The number of rotatable bonds is 4. The fraction of sp³-hybridized carbons (Fsp3) is 0.842. The highest BCUT2D eigenvalue weighted by Gasteiger charge is 2.57. The zero-order valence-corrected chi connectivity index (χ0v) is 14.3. The van der Waals surface area contributed by atoms with Crippen LogP contribution >= 0.6 is 0 Å². The SMILES string of the molecule is C=C(C)[C@H]1CC(=O)[C@@](CC)([C@@H]2C[C@H]3CCO[C@H]3O2)[C@H](CC)C1. The van der Waals surface area contributed by atoms with E-state index in [2.05, 4.69) is 27.4 Å². The normalized spacial score (nSPS) is 45.0. The van der Waals surface area contributed by atoms with Crippen LogP contribution in [0.2, 0.25) is 0 Å². The van der Waals surface area contributed by atoms with Crippen LogP contribution in [-0.4, -0.2) is 24.8 Å². The van der Waals surface area contributed by atoms with Crippen molar-refractivity contribution in [3.8, 4) is 0 Å². The molecule has 6 atom stereocenters. The first kappa shape index (κ1) is 16.2. The first-order valence-corrected chi connectivity index (χ1v) is 8.98. The van der Waals surface area contributed by atoms with Crippen molar-refractivity contribution in [2.75, 3.05) is 6.61 Å². The molecule has 3 heteroatoms. The first-order valence-electron chi connectivity index (χ1n) is 8.98. The summed E-state index contributed by atoms with van der Waals surface area (Å²) in [7, 11) is 0. The van der Waals surface area contributed by atoms with Gasteiger partial charge in [-0.3, -0.25) is 4.79 Å². The van der Waals surface area contributed by atoms with Crippen LogP contribution in [0.25, 0.3) is 0 Å². The monoisotopic (exact) mass is 306 g/mol. The third-order valence-electron chi connectivity index (χ3n) is 6.57. The minimum atomic E-state index is -0.297. The van der Waals surface area contributed by atoms with Crippen molar-refractivity contribution < 1.29 is 14.3 Å². The van der Waals surface area contributed by atoms with Crippen LogP contribution in [0.4, 0.5) is 0 Å². The molecule has 3 nitrogen and oxygen atoms in total. The fourth-order valence-electron chi connectivity index (χ4n) is 5.15. The molecule has 0 spiro atoms. The molecule has 2 saturated heterocycles. The van der Waals surface area contributed by atoms with Crippen molar-refractivity contribution in [2.45, 2.75) is 71.7 Å². The highest BCUT2D eigenvalue weighted by molar-refractivity contribution is 5.87. The molecular formula is C19H30O3. The number of carbonyl (C=O) groups is 1. The molecule has 3 aliphatic rings. The van der Waals surface area contributed by atoms with E-state index in [0.717, 1.165) is 44.3 Å². The van der Waals surface area contributed by atoms with Crippen molar-refractivity contribution in [2.24, 2.45) is 23.2 Å². The van der Waals surface area contributed by atoms with Gasteiger partial charge in [0.1, 0.15) is 5.78 Å². The maximum Gasteiger partial charge on any atom is 0.160 e. The van der Waals surface area contributed by atoms with Gasteiger partial charge in [-0.05, 0) is 44.4 Å². The molecule has 3 rings (SSSR count). The summed E-state index contributed by atoms with van der Waals surface area (Å²) in [6.07, 6.45) is 5.74. The lowest BCUT2D eigenvalue weighted by atomic mass is 9.56. The van der Waals surface area contributed by atoms with Crippen molar-refractivity contribution in [1.29, 1.82) is 0 Å². The molecule has 0 aromatic heterocycles. The van der Waals surface area contributed by atoms with E-state index in [4.69, 9.17) is 9.47 Å². The van der Waals surface area contributed by atoms with E-state index in [1.165, 1.54) is 0 Å². The van der Waals surface area contributed by atoms with Crippen LogP contribution in [0.15, 0.2) is 12.2 Å². The van der Waals surface area contributed by atoms with Crippen LogP contribution in [0.1, 0.15) is 59.3 Å². The van der Waals surface area contributed by atoms with Crippen molar-refractivity contribution in [3.63, 3.8) is 0 Å². The second kappa shape index (κ2) is 6.09. The molecular weight excluding hydrogens is 276 g/mol. The summed E-state index contributed by atoms with van der Waals surface area (Å²) in [6.45, 7) is 11.4. The molecule has 0 amide bonds. The Balaban J connectivity index is 1.86. The molecule has 0 unspecified atom stereocenters. The summed E-state index contributed by atoms with van der Waals surface area (Å²) in [5.74, 6) is 1.67. The predicted octanol–water partition coefficient (Wildman–Crippen LogP) is 4.12. The molecule has 22 heavy (non-hydrogen) atoms. The van der Waals surface area contributed by atoms with Gasteiger partial charge in [-0.15, -0.1) is 0 Å². The Kier molecular flexibility index (Phi) is 4.48. The molecule has 124 valence electrons. The Hall–Kier alpha value is -0.670. The third-order valence-corrected chi connectivity index (χ3v) is 6.57. The molecule has 1 saturated carbocycles. The molecule has 0 aromatic carbocycles. The van der Waals surface area contributed by atoms with Gasteiger partial charge < -0.3 is 9.47 Å². The smallest absolute Gasteiger partial charge is 0.160 e. The number of ketones is 1. The molecule has 0 aromatic rings. The lowest BCUT2D eigenvalue weighted by Gasteiger charge is -2.48. The summed E-state index contributed by atoms with van der Waals surface area (Å²) < 4.78 is 12.0. The highest BCUT2D eigenvalue weighted by Crippen LogP contribution is 2.54. The summed E-state index contributed by atoms with van der Waals surface area (Å²) in [5, 5.41) is 0. The summed E-state index contributed by atoms with van der Waals surface area (Å²) in [6, 6.07) is 0. The zero-order valence-electron chi connectivity index (χ0n) is 14.3. The quantitative estimate of drug-likeness (QED) is 0.733. The Morgan fingerprint density at radius 2 is 2.14 bits per heavy atom. The van der Waals surface area contributed by atoms with Crippen LogP contribution < -0.4 is 0 Å². The van der Waals surface area contributed by atoms with Gasteiger partial charge in [0, 0.05) is 12.3 Å². The fourth-order valence-corrected chi connectivity index (χ4v) is 5.15. The average Bonchev–Trinajstić information content (AvgIpc) is 3.07. The van der Waals surface area contributed by atoms with Crippen LogP contribution in [0, 0.1) is 23.2 Å². The van der Waals surface area contributed by atoms with E-state index in [9.17, 15) is 4.79 Å². The number of hydrogen-bond donors (Lipinski definition) is 0. The number of carbonyl (C=O) groups excluding carboxylic acids is 1. The number of allylic oxidation sites excluding steroid dienone is 1. The zero-order chi connectivity index (χ0) is 15.9. The van der Waals surface area contributed by atoms with Crippen LogP contribution in [-0.2, 0) is 14.3 Å². The minimum Gasteiger partial charge on any atom is -0.352 e. The molecule has 1 aliphatic carbocycles. The second-order valence-corrected chi connectivity index (χ2v) is 7.55. The summed E-state index contributed by atoms with van der Waals surface area (Å²) in [4.78, 5) is 13.2. The summed E-state index contributed by atoms with van der Waals surface area (Å²) >= 11 is 0. The number of ether oxygens (including phenoxy) is 2. The van der Waals surface area contributed by atoms with E-state index in [-0.39, 0.29) is 17.8 Å². The highest BCUT2D eigenvalue weighted by atomic mass is 16.7. The molecule has 2 aliphatic heterocycles. The Morgan fingerprint density at radius 1 is 1.36 bits per heavy atom. The molecule has 3 fully saturated rings. The number of fused-ring (bicyclic) bond motifs is 1. The standard InChI is InChI=1S/C19H30O3/c1-5-15-9-14(12(3)4)10-16(20)19(15,6-2)17-11-13-7-8-21-18(13)22-17/h13-15,17-18H,3,5-11H2,1-2,4H3/t13-,14-,15-,17+,18+,19+/m1/s1. The van der Waals surface area contributed by atoms with Crippen LogP contribution in [0.3, 0.4) is 0 Å². The number of hydrogen-bond acceptors (Lipinski definition) is 3. The van der Waals surface area contributed by atoms with E-state index < -0.39 is 0 Å². The maximum atomic E-state index is 13.2. The van der Waals surface area contributed by atoms with Gasteiger partial charge in [0.2, 0.25) is 0 Å². The largest absolute Gasteiger partial charge is 0.352 e. The minimum absolute atomic E-state index is 0.0521. The summed E-state index contributed by atoms with van der Waals surface area (Å²) in [5.41, 5.74) is 0.859. The van der Waals surface area contributed by atoms with Gasteiger partial charge in [-0.25, -0.2) is 0 Å². The van der Waals surface area contributed by atoms with Crippen molar-refractivity contribution in [1.82, 2.24) is 0 Å². The van der Waals surface area contributed by atoms with E-state index >= 15 is 0 Å². The Labute approximate surface area is 134 Å². The first-order chi connectivity index (χ1) is 10.5. The van der Waals surface area contributed by atoms with E-state index in [1.807, 2.05) is 0 Å².